The van der Waals surface area contributed by atoms with Gasteiger partial charge in [0.25, 0.3) is 0 Å². The van der Waals surface area contributed by atoms with Crippen LogP contribution < -0.4 is 0 Å². The Bertz CT molecular complexity index is 774. The predicted octanol–water partition coefficient (Wildman–Crippen LogP) is 6.05. The molecule has 3 saturated carbocycles. The van der Waals surface area contributed by atoms with Crippen LogP contribution in [0.4, 0.5) is 0 Å². The molecule has 0 spiro atoms. The van der Waals surface area contributed by atoms with Crippen molar-refractivity contribution in [2.45, 2.75) is 124 Å². The molecule has 0 radical (unpaired) electrons. The molecule has 4 aliphatic rings. The van der Waals surface area contributed by atoms with Gasteiger partial charge in [0.2, 0.25) is 0 Å². The standard InChI is InChI=1S/C29H48O4/c1-18(2)8-7-9-19(3)23-12-13-24-25-11-10-21-16-22(33-20(4)30)14-15-28(21,6)29(25,32)26(31)17-27(23,24)5/h11,18-19,21-24,26,31-32H,7-10,12-17H2,1-6H3/t19-,21+,22+,23-,24+,26-,27-,28+,29+/m1/s1. The summed E-state index contributed by atoms with van der Waals surface area (Å²) in [6, 6.07) is 0. The number of carbonyl (C=O) groups is 1. The summed E-state index contributed by atoms with van der Waals surface area (Å²) in [4.78, 5) is 11.5. The maximum absolute atomic E-state index is 12.3. The van der Waals surface area contributed by atoms with Crippen LogP contribution in [0.2, 0.25) is 0 Å². The summed E-state index contributed by atoms with van der Waals surface area (Å²) in [6.45, 7) is 13.1. The summed E-state index contributed by atoms with van der Waals surface area (Å²) in [5, 5.41) is 24.0. The van der Waals surface area contributed by atoms with Crippen molar-refractivity contribution in [3.05, 3.63) is 11.6 Å². The van der Waals surface area contributed by atoms with Crippen LogP contribution in [0, 0.1) is 40.4 Å². The highest BCUT2D eigenvalue weighted by Crippen LogP contribution is 2.68. The number of rotatable bonds is 6. The van der Waals surface area contributed by atoms with Crippen molar-refractivity contribution < 1.29 is 19.7 Å². The molecule has 2 N–H and O–H groups in total. The Hall–Kier alpha value is -0.870. The minimum atomic E-state index is -1.16. The van der Waals surface area contributed by atoms with E-state index in [1.807, 2.05) is 0 Å². The van der Waals surface area contributed by atoms with Gasteiger partial charge in [-0.1, -0.05) is 60.0 Å². The fourth-order valence-electron chi connectivity index (χ4n) is 8.91. The summed E-state index contributed by atoms with van der Waals surface area (Å²) in [5.74, 6) is 2.40. The van der Waals surface area contributed by atoms with Crippen LogP contribution in [0.5, 0.6) is 0 Å². The number of ether oxygens (including phenoxy) is 1. The molecule has 0 aromatic carbocycles. The van der Waals surface area contributed by atoms with Crippen molar-refractivity contribution in [2.24, 2.45) is 40.4 Å². The lowest BCUT2D eigenvalue weighted by Gasteiger charge is -2.63. The topological polar surface area (TPSA) is 66.8 Å². The Morgan fingerprint density at radius 1 is 1.18 bits per heavy atom. The van der Waals surface area contributed by atoms with Gasteiger partial charge in [-0.25, -0.2) is 0 Å². The number of allylic oxidation sites excluding steroid dienone is 1. The highest BCUT2D eigenvalue weighted by molar-refractivity contribution is 5.66. The first kappa shape index (κ1) is 25.2. The third-order valence-corrected chi connectivity index (χ3v) is 10.7. The normalized spacial score (nSPS) is 45.6. The van der Waals surface area contributed by atoms with Gasteiger partial charge in [0.05, 0.1) is 6.10 Å². The van der Waals surface area contributed by atoms with Gasteiger partial charge in [0, 0.05) is 12.3 Å². The predicted molar refractivity (Wildman–Crippen MR) is 131 cm³/mol. The van der Waals surface area contributed by atoms with E-state index in [9.17, 15) is 15.0 Å². The lowest BCUT2D eigenvalue weighted by Crippen LogP contribution is -2.67. The van der Waals surface area contributed by atoms with Gasteiger partial charge in [-0.05, 0) is 85.5 Å². The van der Waals surface area contributed by atoms with Gasteiger partial charge < -0.3 is 14.9 Å². The zero-order chi connectivity index (χ0) is 24.2. The van der Waals surface area contributed by atoms with Gasteiger partial charge in [-0.15, -0.1) is 0 Å². The Labute approximate surface area is 201 Å². The van der Waals surface area contributed by atoms with Crippen LogP contribution in [-0.4, -0.2) is 34.0 Å². The molecule has 4 aliphatic carbocycles. The highest BCUT2D eigenvalue weighted by Gasteiger charge is 2.68. The maximum atomic E-state index is 12.3. The number of hydrogen-bond acceptors (Lipinski definition) is 4. The average Bonchev–Trinajstić information content (AvgIpc) is 3.05. The molecule has 0 aromatic rings. The Kier molecular flexibility index (Phi) is 6.86. The van der Waals surface area contributed by atoms with Crippen LogP contribution in [0.15, 0.2) is 11.6 Å². The second-order valence-electron chi connectivity index (χ2n) is 13.0. The van der Waals surface area contributed by atoms with Crippen LogP contribution in [0.25, 0.3) is 0 Å². The van der Waals surface area contributed by atoms with Gasteiger partial charge in [0.15, 0.2) is 0 Å². The molecule has 9 atom stereocenters. The zero-order valence-electron chi connectivity index (χ0n) is 21.9. The van der Waals surface area contributed by atoms with Crippen molar-refractivity contribution >= 4 is 5.97 Å². The number of carbonyl (C=O) groups excluding carboxylic acids is 1. The lowest BCUT2D eigenvalue weighted by atomic mass is 9.44. The number of esters is 1. The van der Waals surface area contributed by atoms with E-state index >= 15 is 0 Å². The smallest absolute Gasteiger partial charge is 0.302 e. The van der Waals surface area contributed by atoms with Crippen molar-refractivity contribution in [2.75, 3.05) is 0 Å². The molecule has 3 fully saturated rings. The average molecular weight is 461 g/mol. The van der Waals surface area contributed by atoms with E-state index in [0.717, 1.165) is 43.6 Å². The molecule has 0 aliphatic heterocycles. The molecular weight excluding hydrogens is 412 g/mol. The van der Waals surface area contributed by atoms with E-state index in [4.69, 9.17) is 4.74 Å². The van der Waals surface area contributed by atoms with E-state index < -0.39 is 11.7 Å². The summed E-state index contributed by atoms with van der Waals surface area (Å²) < 4.78 is 5.55. The Morgan fingerprint density at radius 2 is 1.91 bits per heavy atom. The quantitative estimate of drug-likeness (QED) is 0.374. The van der Waals surface area contributed by atoms with E-state index in [1.54, 1.807) is 0 Å². The molecule has 4 rings (SSSR count). The number of hydrogen-bond donors (Lipinski definition) is 2. The molecule has 0 bridgehead atoms. The maximum Gasteiger partial charge on any atom is 0.302 e. The number of aliphatic hydroxyl groups excluding tert-OH is 1. The third kappa shape index (κ3) is 4.01. The first-order valence-electron chi connectivity index (χ1n) is 13.7. The fourth-order valence-corrected chi connectivity index (χ4v) is 8.91. The van der Waals surface area contributed by atoms with Gasteiger partial charge in [-0.2, -0.15) is 0 Å². The summed E-state index contributed by atoms with van der Waals surface area (Å²) in [7, 11) is 0. The summed E-state index contributed by atoms with van der Waals surface area (Å²) in [5.41, 5.74) is -0.315. The zero-order valence-corrected chi connectivity index (χ0v) is 21.9. The minimum absolute atomic E-state index is 0.0623. The second-order valence-corrected chi connectivity index (χ2v) is 13.0. The second kappa shape index (κ2) is 8.97. The highest BCUT2D eigenvalue weighted by atomic mass is 16.5. The van der Waals surface area contributed by atoms with E-state index in [-0.39, 0.29) is 28.8 Å². The van der Waals surface area contributed by atoms with Gasteiger partial charge in [0.1, 0.15) is 11.7 Å². The van der Waals surface area contributed by atoms with Crippen molar-refractivity contribution in [3.8, 4) is 0 Å². The summed E-state index contributed by atoms with van der Waals surface area (Å²) >= 11 is 0. The van der Waals surface area contributed by atoms with Crippen LogP contribution in [-0.2, 0) is 9.53 Å². The molecule has 4 heteroatoms. The van der Waals surface area contributed by atoms with Crippen molar-refractivity contribution in [1.29, 1.82) is 0 Å². The first-order valence-corrected chi connectivity index (χ1v) is 13.7. The molecule has 4 nitrogen and oxygen atoms in total. The van der Waals surface area contributed by atoms with Crippen LogP contribution >= 0.6 is 0 Å². The summed E-state index contributed by atoms with van der Waals surface area (Å²) in [6.07, 6.45) is 11.6. The van der Waals surface area contributed by atoms with Gasteiger partial charge in [-0.3, -0.25) is 4.79 Å². The van der Waals surface area contributed by atoms with Crippen LogP contribution in [0.1, 0.15) is 106 Å². The largest absolute Gasteiger partial charge is 0.463 e. The number of aliphatic hydroxyl groups is 2. The molecule has 0 unspecified atom stereocenters. The first-order chi connectivity index (χ1) is 15.4. The van der Waals surface area contributed by atoms with E-state index in [1.165, 1.54) is 32.6 Å². The Balaban J connectivity index is 1.57. The molecule has 0 amide bonds. The molecule has 188 valence electrons. The van der Waals surface area contributed by atoms with Crippen molar-refractivity contribution in [3.63, 3.8) is 0 Å². The van der Waals surface area contributed by atoms with Crippen LogP contribution in [0.3, 0.4) is 0 Å². The molecule has 0 heterocycles. The van der Waals surface area contributed by atoms with Gasteiger partial charge >= 0.3 is 5.97 Å². The monoisotopic (exact) mass is 460 g/mol. The van der Waals surface area contributed by atoms with E-state index in [0.29, 0.717) is 24.2 Å². The molecule has 0 aromatic heterocycles. The minimum Gasteiger partial charge on any atom is -0.463 e. The lowest BCUT2D eigenvalue weighted by molar-refractivity contribution is -0.211. The number of fused-ring (bicyclic) bond motifs is 5. The van der Waals surface area contributed by atoms with Crippen molar-refractivity contribution in [1.82, 2.24) is 0 Å². The third-order valence-electron chi connectivity index (χ3n) is 10.7. The molecular formula is C29H48O4. The fraction of sp³-hybridized carbons (Fsp3) is 0.897. The SMILES string of the molecule is CC(=O)O[C@H]1CC[C@@]2(C)[C@@H](CC=C3[C@@H]4CC[C@H]([C@H](C)CCCC(C)C)[C@@]4(C)C[C@@H](O)[C@@]32O)C1. The molecule has 33 heavy (non-hydrogen) atoms. The van der Waals surface area contributed by atoms with E-state index in [2.05, 4.69) is 40.7 Å². The Morgan fingerprint density at radius 3 is 2.58 bits per heavy atom. The molecule has 0 saturated heterocycles.